The Labute approximate surface area is 123 Å². The molecule has 1 aromatic carbocycles. The molecule has 5 heteroatoms. The number of halogens is 2. The summed E-state index contributed by atoms with van der Waals surface area (Å²) in [5.41, 5.74) is 0. The lowest BCUT2D eigenvalue weighted by atomic mass is 10.3. The number of amides is 1. The lowest BCUT2D eigenvalue weighted by Gasteiger charge is -2.15. The molecule has 3 nitrogen and oxygen atoms in total. The van der Waals surface area contributed by atoms with Crippen LogP contribution in [0.1, 0.15) is 20.3 Å². The van der Waals surface area contributed by atoms with Gasteiger partial charge in [0, 0.05) is 11.6 Å². The zero-order valence-electron chi connectivity index (χ0n) is 11.0. The average Bonchev–Trinajstić information content (AvgIpc) is 2.37. The van der Waals surface area contributed by atoms with Crippen LogP contribution in [0.15, 0.2) is 30.4 Å². The summed E-state index contributed by atoms with van der Waals surface area (Å²) < 4.78 is 5.50. The number of nitrogens with one attached hydrogen (secondary N) is 1. The van der Waals surface area contributed by atoms with Gasteiger partial charge in [-0.15, -0.1) is 0 Å². The molecule has 0 aromatic heterocycles. The second-order valence-corrected chi connectivity index (χ2v) is 4.83. The Hall–Kier alpha value is -1.19. The van der Waals surface area contributed by atoms with Gasteiger partial charge in [0.15, 0.2) is 6.10 Å². The molecular weight excluding hydrogens is 285 g/mol. The molecule has 19 heavy (non-hydrogen) atoms. The number of hydrogen-bond acceptors (Lipinski definition) is 2. The van der Waals surface area contributed by atoms with E-state index in [1.165, 1.54) is 0 Å². The first-order valence-electron chi connectivity index (χ1n) is 6.05. The van der Waals surface area contributed by atoms with Crippen molar-refractivity contribution in [2.24, 2.45) is 0 Å². The maximum absolute atomic E-state index is 11.8. The van der Waals surface area contributed by atoms with Gasteiger partial charge in [0.25, 0.3) is 5.91 Å². The van der Waals surface area contributed by atoms with E-state index in [0.29, 0.717) is 22.3 Å². The van der Waals surface area contributed by atoms with Gasteiger partial charge in [-0.1, -0.05) is 35.4 Å². The van der Waals surface area contributed by atoms with Gasteiger partial charge >= 0.3 is 0 Å². The van der Waals surface area contributed by atoms with E-state index in [-0.39, 0.29) is 5.91 Å². The van der Waals surface area contributed by atoms with Crippen molar-refractivity contribution in [1.82, 2.24) is 5.32 Å². The normalized spacial score (nSPS) is 12.4. The third kappa shape index (κ3) is 5.53. The predicted molar refractivity (Wildman–Crippen MR) is 79.0 cm³/mol. The summed E-state index contributed by atoms with van der Waals surface area (Å²) in [6.45, 7) is 4.21. The van der Waals surface area contributed by atoms with Crippen LogP contribution in [0.2, 0.25) is 10.0 Å². The van der Waals surface area contributed by atoms with Crippen molar-refractivity contribution < 1.29 is 9.53 Å². The van der Waals surface area contributed by atoms with Crippen molar-refractivity contribution in [1.29, 1.82) is 0 Å². The third-order valence-corrected chi connectivity index (χ3v) is 2.94. The second kappa shape index (κ2) is 8.08. The molecular formula is C14H17Cl2NO2. The van der Waals surface area contributed by atoms with Gasteiger partial charge in [-0.05, 0) is 38.5 Å². The SMILES string of the molecule is C/C=C/CCNC(=O)C(C)Oc1ccc(Cl)cc1Cl. The smallest absolute Gasteiger partial charge is 0.260 e. The Morgan fingerprint density at radius 2 is 2.21 bits per heavy atom. The lowest BCUT2D eigenvalue weighted by Crippen LogP contribution is -2.36. The lowest BCUT2D eigenvalue weighted by molar-refractivity contribution is -0.127. The van der Waals surface area contributed by atoms with E-state index >= 15 is 0 Å². The number of benzene rings is 1. The van der Waals surface area contributed by atoms with E-state index in [0.717, 1.165) is 6.42 Å². The Balaban J connectivity index is 2.49. The molecule has 1 amide bonds. The van der Waals surface area contributed by atoms with Crippen molar-refractivity contribution in [3.63, 3.8) is 0 Å². The van der Waals surface area contributed by atoms with Crippen molar-refractivity contribution >= 4 is 29.1 Å². The van der Waals surface area contributed by atoms with Crippen LogP contribution in [-0.4, -0.2) is 18.6 Å². The fraction of sp³-hybridized carbons (Fsp3) is 0.357. The number of ether oxygens (including phenoxy) is 1. The molecule has 0 saturated heterocycles. The molecule has 0 fully saturated rings. The van der Waals surface area contributed by atoms with Gasteiger partial charge in [-0.25, -0.2) is 0 Å². The van der Waals surface area contributed by atoms with Crippen LogP contribution in [-0.2, 0) is 4.79 Å². The Morgan fingerprint density at radius 1 is 1.47 bits per heavy atom. The van der Waals surface area contributed by atoms with E-state index < -0.39 is 6.10 Å². The van der Waals surface area contributed by atoms with E-state index in [4.69, 9.17) is 27.9 Å². The minimum absolute atomic E-state index is 0.171. The molecule has 0 heterocycles. The average molecular weight is 302 g/mol. The van der Waals surface area contributed by atoms with Crippen molar-refractivity contribution in [3.05, 3.63) is 40.4 Å². The van der Waals surface area contributed by atoms with Crippen LogP contribution in [0.4, 0.5) is 0 Å². The molecule has 1 rings (SSSR count). The molecule has 0 radical (unpaired) electrons. The van der Waals surface area contributed by atoms with E-state index in [9.17, 15) is 4.79 Å². The van der Waals surface area contributed by atoms with E-state index in [1.807, 2.05) is 19.1 Å². The van der Waals surface area contributed by atoms with Crippen LogP contribution in [0.25, 0.3) is 0 Å². The van der Waals surface area contributed by atoms with Gasteiger partial charge in [-0.2, -0.15) is 0 Å². The summed E-state index contributed by atoms with van der Waals surface area (Å²) in [5, 5.41) is 3.70. The minimum Gasteiger partial charge on any atom is -0.479 e. The zero-order valence-corrected chi connectivity index (χ0v) is 12.5. The zero-order chi connectivity index (χ0) is 14.3. The molecule has 1 N–H and O–H groups in total. The Kier molecular flexibility index (Phi) is 6.74. The van der Waals surface area contributed by atoms with E-state index in [1.54, 1.807) is 25.1 Å². The molecule has 0 saturated carbocycles. The topological polar surface area (TPSA) is 38.3 Å². The number of carbonyl (C=O) groups is 1. The molecule has 0 aliphatic heterocycles. The molecule has 0 spiro atoms. The monoisotopic (exact) mass is 301 g/mol. The van der Waals surface area contributed by atoms with Crippen LogP contribution in [0.5, 0.6) is 5.75 Å². The Bertz CT molecular complexity index is 461. The summed E-state index contributed by atoms with van der Waals surface area (Å²) in [6, 6.07) is 4.89. The molecule has 104 valence electrons. The van der Waals surface area contributed by atoms with Gasteiger partial charge in [-0.3, -0.25) is 4.79 Å². The van der Waals surface area contributed by atoms with Gasteiger partial charge in [0.2, 0.25) is 0 Å². The highest BCUT2D eigenvalue weighted by Gasteiger charge is 2.15. The van der Waals surface area contributed by atoms with Gasteiger partial charge < -0.3 is 10.1 Å². The maximum Gasteiger partial charge on any atom is 0.260 e. The highest BCUT2D eigenvalue weighted by Crippen LogP contribution is 2.28. The van der Waals surface area contributed by atoms with Crippen LogP contribution < -0.4 is 10.1 Å². The van der Waals surface area contributed by atoms with Crippen molar-refractivity contribution in [2.45, 2.75) is 26.4 Å². The second-order valence-electron chi connectivity index (χ2n) is 3.98. The van der Waals surface area contributed by atoms with Crippen molar-refractivity contribution in [3.8, 4) is 5.75 Å². The van der Waals surface area contributed by atoms with Crippen LogP contribution in [0.3, 0.4) is 0 Å². The fourth-order valence-electron chi connectivity index (χ4n) is 1.40. The summed E-state index contributed by atoms with van der Waals surface area (Å²) in [7, 11) is 0. The van der Waals surface area contributed by atoms with Crippen LogP contribution in [0, 0.1) is 0 Å². The first kappa shape index (κ1) is 15.9. The molecule has 0 aliphatic rings. The standard InChI is InChI=1S/C14H17Cl2NO2/c1-3-4-5-8-17-14(18)10(2)19-13-7-6-11(15)9-12(13)16/h3-4,6-7,9-10H,5,8H2,1-2H3,(H,17,18)/b4-3+. The number of hydrogen-bond donors (Lipinski definition) is 1. The molecule has 1 aromatic rings. The highest BCUT2D eigenvalue weighted by atomic mass is 35.5. The highest BCUT2D eigenvalue weighted by molar-refractivity contribution is 6.35. The summed E-state index contributed by atoms with van der Waals surface area (Å²) >= 11 is 11.8. The summed E-state index contributed by atoms with van der Waals surface area (Å²) in [5.74, 6) is 0.276. The van der Waals surface area contributed by atoms with Crippen LogP contribution >= 0.6 is 23.2 Å². The molecule has 1 unspecified atom stereocenters. The maximum atomic E-state index is 11.8. The van der Waals surface area contributed by atoms with Gasteiger partial charge in [0.05, 0.1) is 5.02 Å². The number of allylic oxidation sites excluding steroid dienone is 1. The molecule has 1 atom stereocenters. The predicted octanol–water partition coefficient (Wildman–Crippen LogP) is 3.84. The third-order valence-electron chi connectivity index (χ3n) is 2.41. The molecule has 0 aliphatic carbocycles. The number of rotatable bonds is 6. The summed E-state index contributed by atoms with van der Waals surface area (Å²) in [6.07, 6.45) is 4.13. The summed E-state index contributed by atoms with van der Waals surface area (Å²) in [4.78, 5) is 11.8. The Morgan fingerprint density at radius 3 is 2.84 bits per heavy atom. The largest absolute Gasteiger partial charge is 0.479 e. The fourth-order valence-corrected chi connectivity index (χ4v) is 1.86. The number of carbonyl (C=O) groups excluding carboxylic acids is 1. The first-order chi connectivity index (χ1) is 9.04. The first-order valence-corrected chi connectivity index (χ1v) is 6.80. The quantitative estimate of drug-likeness (QED) is 0.640. The van der Waals surface area contributed by atoms with Crippen molar-refractivity contribution in [2.75, 3.05) is 6.54 Å². The van der Waals surface area contributed by atoms with Gasteiger partial charge in [0.1, 0.15) is 5.75 Å². The molecule has 0 bridgehead atoms. The van der Waals surface area contributed by atoms with E-state index in [2.05, 4.69) is 5.32 Å². The minimum atomic E-state index is -0.607.